The van der Waals surface area contributed by atoms with Crippen LogP contribution in [-0.2, 0) is 10.2 Å². The van der Waals surface area contributed by atoms with E-state index in [0.717, 1.165) is 5.56 Å². The molecule has 0 heterocycles. The molecule has 100 valence electrons. The summed E-state index contributed by atoms with van der Waals surface area (Å²) in [4.78, 5) is 11.1. The SMILES string of the molecule is COc1c(O)cc(C(C)(C)C)cc1C(C)C(=O)O. The van der Waals surface area contributed by atoms with Gasteiger partial charge in [-0.05, 0) is 24.0 Å². The van der Waals surface area contributed by atoms with Gasteiger partial charge in [0, 0.05) is 5.56 Å². The first-order valence-electron chi connectivity index (χ1n) is 5.82. The van der Waals surface area contributed by atoms with Gasteiger partial charge >= 0.3 is 5.97 Å². The van der Waals surface area contributed by atoms with Gasteiger partial charge in [0.05, 0.1) is 13.0 Å². The van der Waals surface area contributed by atoms with E-state index in [1.165, 1.54) is 7.11 Å². The van der Waals surface area contributed by atoms with Gasteiger partial charge in [-0.1, -0.05) is 26.8 Å². The van der Waals surface area contributed by atoms with Crippen LogP contribution in [0.15, 0.2) is 12.1 Å². The van der Waals surface area contributed by atoms with Gasteiger partial charge < -0.3 is 14.9 Å². The van der Waals surface area contributed by atoms with E-state index < -0.39 is 11.9 Å². The molecule has 0 fully saturated rings. The van der Waals surface area contributed by atoms with E-state index in [9.17, 15) is 9.90 Å². The second kappa shape index (κ2) is 4.88. The Morgan fingerprint density at radius 1 is 1.33 bits per heavy atom. The average Bonchev–Trinajstić information content (AvgIpc) is 2.25. The maximum atomic E-state index is 11.1. The fourth-order valence-corrected chi connectivity index (χ4v) is 1.75. The minimum absolute atomic E-state index is 0.0203. The van der Waals surface area contributed by atoms with Crippen molar-refractivity contribution in [3.63, 3.8) is 0 Å². The molecule has 0 aliphatic carbocycles. The maximum absolute atomic E-state index is 11.1. The zero-order valence-electron chi connectivity index (χ0n) is 11.4. The van der Waals surface area contributed by atoms with E-state index in [0.29, 0.717) is 5.56 Å². The fraction of sp³-hybridized carbons (Fsp3) is 0.500. The van der Waals surface area contributed by atoms with Gasteiger partial charge in [-0.2, -0.15) is 0 Å². The lowest BCUT2D eigenvalue weighted by Crippen LogP contribution is -2.14. The van der Waals surface area contributed by atoms with Crippen LogP contribution in [0.2, 0.25) is 0 Å². The maximum Gasteiger partial charge on any atom is 0.310 e. The summed E-state index contributed by atoms with van der Waals surface area (Å²) in [5, 5.41) is 19.1. The predicted octanol–water partition coefficient (Wildman–Crippen LogP) is 2.89. The van der Waals surface area contributed by atoms with E-state index in [1.807, 2.05) is 20.8 Å². The highest BCUT2D eigenvalue weighted by atomic mass is 16.5. The quantitative estimate of drug-likeness (QED) is 0.868. The summed E-state index contributed by atoms with van der Waals surface area (Å²) in [6.07, 6.45) is 0. The van der Waals surface area contributed by atoms with Crippen molar-refractivity contribution in [3.05, 3.63) is 23.3 Å². The Kier molecular flexibility index (Phi) is 3.89. The third kappa shape index (κ3) is 2.75. The van der Waals surface area contributed by atoms with E-state index in [2.05, 4.69) is 0 Å². The number of aromatic hydroxyl groups is 1. The van der Waals surface area contributed by atoms with Crippen LogP contribution in [0.1, 0.15) is 44.7 Å². The molecule has 1 rings (SSSR count). The minimum atomic E-state index is -0.946. The Morgan fingerprint density at radius 3 is 2.28 bits per heavy atom. The van der Waals surface area contributed by atoms with Crippen molar-refractivity contribution < 1.29 is 19.7 Å². The van der Waals surface area contributed by atoms with Gasteiger partial charge in [-0.3, -0.25) is 4.79 Å². The molecule has 0 radical (unpaired) electrons. The van der Waals surface area contributed by atoms with Crippen molar-refractivity contribution in [1.82, 2.24) is 0 Å². The molecule has 4 nitrogen and oxygen atoms in total. The molecule has 0 aliphatic rings. The summed E-state index contributed by atoms with van der Waals surface area (Å²) in [5.41, 5.74) is 1.20. The molecule has 0 saturated heterocycles. The van der Waals surface area contributed by atoms with Gasteiger partial charge in [0.15, 0.2) is 11.5 Å². The van der Waals surface area contributed by atoms with E-state index >= 15 is 0 Å². The molecule has 4 heteroatoms. The lowest BCUT2D eigenvalue weighted by molar-refractivity contribution is -0.138. The smallest absolute Gasteiger partial charge is 0.310 e. The Hall–Kier alpha value is -1.71. The van der Waals surface area contributed by atoms with Gasteiger partial charge in [0.1, 0.15) is 0 Å². The Morgan fingerprint density at radius 2 is 1.89 bits per heavy atom. The largest absolute Gasteiger partial charge is 0.504 e. The van der Waals surface area contributed by atoms with Crippen molar-refractivity contribution in [2.45, 2.75) is 39.0 Å². The number of phenolic OH excluding ortho intramolecular Hbond substituents is 1. The molecule has 1 unspecified atom stereocenters. The van der Waals surface area contributed by atoms with Crippen molar-refractivity contribution in [1.29, 1.82) is 0 Å². The number of aliphatic carboxylic acids is 1. The average molecular weight is 252 g/mol. The number of hydrogen-bond acceptors (Lipinski definition) is 3. The molecule has 0 bridgehead atoms. The summed E-state index contributed by atoms with van der Waals surface area (Å²) in [5.74, 6) is -1.46. The number of hydrogen-bond donors (Lipinski definition) is 2. The van der Waals surface area contributed by atoms with Crippen LogP contribution >= 0.6 is 0 Å². The van der Waals surface area contributed by atoms with Crippen LogP contribution in [0, 0.1) is 0 Å². The van der Waals surface area contributed by atoms with Crippen molar-refractivity contribution in [2.24, 2.45) is 0 Å². The zero-order valence-corrected chi connectivity index (χ0v) is 11.4. The molecule has 0 aliphatic heterocycles. The molecule has 1 atom stereocenters. The fourth-order valence-electron chi connectivity index (χ4n) is 1.75. The Balaban J connectivity index is 3.46. The van der Waals surface area contributed by atoms with Crippen molar-refractivity contribution >= 4 is 5.97 Å². The Labute approximate surface area is 107 Å². The molecular weight excluding hydrogens is 232 g/mol. The molecular formula is C14H20O4. The highest BCUT2D eigenvalue weighted by Crippen LogP contribution is 2.39. The number of carboxylic acids is 1. The standard InChI is InChI=1S/C14H20O4/c1-8(13(16)17)10-6-9(14(2,3)4)7-11(15)12(10)18-5/h6-8,15H,1-5H3,(H,16,17). The molecule has 0 spiro atoms. The molecule has 0 aromatic heterocycles. The first-order valence-corrected chi connectivity index (χ1v) is 5.82. The summed E-state index contributed by atoms with van der Waals surface area (Å²) >= 11 is 0. The number of ether oxygens (including phenoxy) is 1. The van der Waals surface area contributed by atoms with Crippen LogP contribution in [0.25, 0.3) is 0 Å². The van der Waals surface area contributed by atoms with Gasteiger partial charge in [-0.15, -0.1) is 0 Å². The topological polar surface area (TPSA) is 66.8 Å². The number of rotatable bonds is 3. The number of carbonyl (C=O) groups is 1. The number of methoxy groups -OCH3 is 1. The van der Waals surface area contributed by atoms with Crippen LogP contribution in [0.3, 0.4) is 0 Å². The summed E-state index contributed by atoms with van der Waals surface area (Å²) in [6.45, 7) is 7.59. The Bertz CT molecular complexity index is 458. The second-order valence-corrected chi connectivity index (χ2v) is 5.43. The van der Waals surface area contributed by atoms with Gasteiger partial charge in [0.25, 0.3) is 0 Å². The molecule has 1 aromatic carbocycles. The van der Waals surface area contributed by atoms with Crippen LogP contribution in [0.5, 0.6) is 11.5 Å². The normalized spacial score (nSPS) is 13.2. The lowest BCUT2D eigenvalue weighted by atomic mass is 9.84. The predicted molar refractivity (Wildman–Crippen MR) is 69.4 cm³/mol. The second-order valence-electron chi connectivity index (χ2n) is 5.43. The molecule has 0 amide bonds. The molecule has 18 heavy (non-hydrogen) atoms. The van der Waals surface area contributed by atoms with E-state index in [4.69, 9.17) is 9.84 Å². The van der Waals surface area contributed by atoms with E-state index in [1.54, 1.807) is 19.1 Å². The third-order valence-corrected chi connectivity index (χ3v) is 3.01. The molecule has 2 N–H and O–H groups in total. The molecule has 0 saturated carbocycles. The zero-order chi connectivity index (χ0) is 14.1. The molecule has 1 aromatic rings. The number of benzene rings is 1. The summed E-state index contributed by atoms with van der Waals surface area (Å²) in [6, 6.07) is 3.41. The number of phenols is 1. The monoisotopic (exact) mass is 252 g/mol. The van der Waals surface area contributed by atoms with Gasteiger partial charge in [0.2, 0.25) is 0 Å². The van der Waals surface area contributed by atoms with Gasteiger partial charge in [-0.25, -0.2) is 0 Å². The summed E-state index contributed by atoms with van der Waals surface area (Å²) in [7, 11) is 1.42. The van der Waals surface area contributed by atoms with Crippen LogP contribution in [-0.4, -0.2) is 23.3 Å². The van der Waals surface area contributed by atoms with Crippen molar-refractivity contribution in [3.8, 4) is 11.5 Å². The van der Waals surface area contributed by atoms with Crippen molar-refractivity contribution in [2.75, 3.05) is 7.11 Å². The highest BCUT2D eigenvalue weighted by molar-refractivity contribution is 5.77. The minimum Gasteiger partial charge on any atom is -0.504 e. The highest BCUT2D eigenvalue weighted by Gasteiger charge is 2.24. The number of carboxylic acid groups (broad SMARTS) is 1. The summed E-state index contributed by atoms with van der Waals surface area (Å²) < 4.78 is 5.10. The third-order valence-electron chi connectivity index (χ3n) is 3.01. The van der Waals surface area contributed by atoms with E-state index in [-0.39, 0.29) is 16.9 Å². The van der Waals surface area contributed by atoms with Crippen LogP contribution in [0.4, 0.5) is 0 Å². The first-order chi connectivity index (χ1) is 8.18. The lowest BCUT2D eigenvalue weighted by Gasteiger charge is -2.23. The first kappa shape index (κ1) is 14.4. The van der Waals surface area contributed by atoms with Crippen LogP contribution < -0.4 is 4.74 Å².